The first-order chi connectivity index (χ1) is 12.2. The molecular weight excluding hydrogens is 328 g/mol. The number of benzene rings is 2. The van der Waals surface area contributed by atoms with Crippen LogP contribution in [0.25, 0.3) is 0 Å². The van der Waals surface area contributed by atoms with Gasteiger partial charge in [-0.05, 0) is 18.1 Å². The molecule has 0 bridgehead atoms. The molecule has 1 atom stereocenters. The molecule has 4 heteroatoms. The van der Waals surface area contributed by atoms with Crippen molar-refractivity contribution < 1.29 is 4.79 Å². The molecule has 132 valence electrons. The maximum atomic E-state index is 12.7. The van der Waals surface area contributed by atoms with Gasteiger partial charge in [0.25, 0.3) is 0 Å². The highest BCUT2D eigenvalue weighted by atomic mass is 32.2. The molecule has 2 aromatic carbocycles. The van der Waals surface area contributed by atoms with Crippen molar-refractivity contribution in [1.29, 1.82) is 0 Å². The zero-order valence-corrected chi connectivity index (χ0v) is 15.6. The summed E-state index contributed by atoms with van der Waals surface area (Å²) in [5, 5.41) is 0.0147. The molecule has 1 amide bonds. The second-order valence-electron chi connectivity index (χ2n) is 6.53. The lowest BCUT2D eigenvalue weighted by molar-refractivity contribution is -0.132. The van der Waals surface area contributed by atoms with Gasteiger partial charge in [0.15, 0.2) is 0 Å². The summed E-state index contributed by atoms with van der Waals surface area (Å²) in [5.74, 6) is 1.17. The molecule has 0 spiro atoms. The molecule has 0 N–H and O–H groups in total. The van der Waals surface area contributed by atoms with E-state index in [-0.39, 0.29) is 11.2 Å². The van der Waals surface area contributed by atoms with Gasteiger partial charge in [0.2, 0.25) is 5.91 Å². The molecular formula is C21H26N2OS. The lowest BCUT2D eigenvalue weighted by Gasteiger charge is -2.36. The van der Waals surface area contributed by atoms with Crippen molar-refractivity contribution in [3.05, 3.63) is 71.8 Å². The molecule has 0 aliphatic carbocycles. The summed E-state index contributed by atoms with van der Waals surface area (Å²) in [6.45, 7) is 6.59. The second-order valence-corrected chi connectivity index (χ2v) is 7.85. The first-order valence-corrected chi connectivity index (χ1v) is 9.98. The van der Waals surface area contributed by atoms with E-state index in [0.717, 1.165) is 38.5 Å². The summed E-state index contributed by atoms with van der Waals surface area (Å²) in [5.41, 5.74) is 2.62. The van der Waals surface area contributed by atoms with Crippen molar-refractivity contribution in [2.24, 2.45) is 0 Å². The Kier molecular flexibility index (Phi) is 6.54. The van der Waals surface area contributed by atoms with E-state index in [2.05, 4.69) is 47.4 Å². The van der Waals surface area contributed by atoms with Gasteiger partial charge in [0, 0.05) is 38.5 Å². The average molecular weight is 355 g/mol. The van der Waals surface area contributed by atoms with Crippen LogP contribution in [0.4, 0.5) is 0 Å². The minimum absolute atomic E-state index is 0.0147. The van der Waals surface area contributed by atoms with Gasteiger partial charge in [-0.25, -0.2) is 0 Å². The monoisotopic (exact) mass is 354 g/mol. The molecule has 0 aromatic heterocycles. The largest absolute Gasteiger partial charge is 0.339 e. The molecule has 0 saturated carbocycles. The van der Waals surface area contributed by atoms with Gasteiger partial charge in [-0.1, -0.05) is 60.7 Å². The molecule has 1 unspecified atom stereocenters. The molecule has 1 aliphatic rings. The SMILES string of the molecule is CC(SCc1ccccc1)C(=O)N1CCN(Cc2ccccc2)CC1. The fraction of sp³-hybridized carbons (Fsp3) is 0.381. The van der Waals surface area contributed by atoms with Crippen LogP contribution in [0.15, 0.2) is 60.7 Å². The standard InChI is InChI=1S/C21H26N2OS/c1-18(25-17-20-10-6-3-7-11-20)21(24)23-14-12-22(13-15-23)16-19-8-4-2-5-9-19/h2-11,18H,12-17H2,1H3. The summed E-state index contributed by atoms with van der Waals surface area (Å²) in [7, 11) is 0. The highest BCUT2D eigenvalue weighted by molar-refractivity contribution is 7.99. The van der Waals surface area contributed by atoms with Gasteiger partial charge in [-0.3, -0.25) is 9.69 Å². The highest BCUT2D eigenvalue weighted by Gasteiger charge is 2.25. The second kappa shape index (κ2) is 9.07. The number of rotatable bonds is 6. The Balaban J connectivity index is 1.43. The van der Waals surface area contributed by atoms with Crippen LogP contribution >= 0.6 is 11.8 Å². The van der Waals surface area contributed by atoms with Crippen LogP contribution in [0.5, 0.6) is 0 Å². The molecule has 3 nitrogen and oxygen atoms in total. The van der Waals surface area contributed by atoms with Crippen molar-refractivity contribution in [2.75, 3.05) is 26.2 Å². The van der Waals surface area contributed by atoms with E-state index in [9.17, 15) is 4.79 Å². The lowest BCUT2D eigenvalue weighted by atomic mass is 10.2. The molecule has 1 aliphatic heterocycles. The Labute approximate surface area is 155 Å². The van der Waals surface area contributed by atoms with Crippen molar-refractivity contribution in [3.8, 4) is 0 Å². The smallest absolute Gasteiger partial charge is 0.235 e. The van der Waals surface area contributed by atoms with E-state index in [1.54, 1.807) is 11.8 Å². The van der Waals surface area contributed by atoms with E-state index in [0.29, 0.717) is 0 Å². The quantitative estimate of drug-likeness (QED) is 0.791. The van der Waals surface area contributed by atoms with E-state index in [1.165, 1.54) is 11.1 Å². The van der Waals surface area contributed by atoms with E-state index >= 15 is 0 Å². The third-order valence-corrected chi connectivity index (χ3v) is 5.83. The Morgan fingerprint density at radius 2 is 1.48 bits per heavy atom. The summed E-state index contributed by atoms with van der Waals surface area (Å²) in [4.78, 5) is 17.1. The Bertz CT molecular complexity index is 654. The van der Waals surface area contributed by atoms with Crippen LogP contribution in [-0.4, -0.2) is 47.1 Å². The van der Waals surface area contributed by atoms with Crippen molar-refractivity contribution in [1.82, 2.24) is 9.80 Å². The van der Waals surface area contributed by atoms with Gasteiger partial charge in [-0.2, -0.15) is 0 Å². The molecule has 0 radical (unpaired) electrons. The number of carbonyl (C=O) groups is 1. The van der Waals surface area contributed by atoms with Gasteiger partial charge >= 0.3 is 0 Å². The van der Waals surface area contributed by atoms with Gasteiger partial charge in [-0.15, -0.1) is 11.8 Å². The Morgan fingerprint density at radius 1 is 0.920 bits per heavy atom. The predicted octanol–water partition coefficient (Wildman–Crippen LogP) is 3.65. The van der Waals surface area contributed by atoms with Crippen molar-refractivity contribution >= 4 is 17.7 Å². The molecule has 25 heavy (non-hydrogen) atoms. The van der Waals surface area contributed by atoms with Crippen LogP contribution in [0.1, 0.15) is 18.1 Å². The number of hydrogen-bond acceptors (Lipinski definition) is 3. The summed E-state index contributed by atoms with van der Waals surface area (Å²) >= 11 is 1.73. The number of amides is 1. The topological polar surface area (TPSA) is 23.6 Å². The summed E-state index contributed by atoms with van der Waals surface area (Å²) < 4.78 is 0. The molecule has 2 aromatic rings. The summed E-state index contributed by atoms with van der Waals surface area (Å²) in [6.07, 6.45) is 0. The number of carbonyl (C=O) groups excluding carboxylic acids is 1. The van der Waals surface area contributed by atoms with E-state index < -0.39 is 0 Å². The molecule has 1 fully saturated rings. The van der Waals surface area contributed by atoms with Crippen molar-refractivity contribution in [3.63, 3.8) is 0 Å². The molecule has 3 rings (SSSR count). The van der Waals surface area contributed by atoms with E-state index in [1.807, 2.05) is 30.0 Å². The zero-order valence-electron chi connectivity index (χ0n) is 14.8. The first kappa shape index (κ1) is 18.0. The van der Waals surface area contributed by atoms with Crippen LogP contribution in [0, 0.1) is 0 Å². The van der Waals surface area contributed by atoms with E-state index in [4.69, 9.17) is 0 Å². The number of piperazine rings is 1. The average Bonchev–Trinajstić information content (AvgIpc) is 2.68. The Hall–Kier alpha value is -1.78. The van der Waals surface area contributed by atoms with Gasteiger partial charge in [0.1, 0.15) is 0 Å². The highest BCUT2D eigenvalue weighted by Crippen LogP contribution is 2.20. The first-order valence-electron chi connectivity index (χ1n) is 8.93. The maximum Gasteiger partial charge on any atom is 0.235 e. The zero-order chi connectivity index (χ0) is 17.5. The third-order valence-electron chi connectivity index (χ3n) is 4.62. The normalized spacial score (nSPS) is 16.6. The fourth-order valence-electron chi connectivity index (χ4n) is 3.09. The third kappa shape index (κ3) is 5.35. The maximum absolute atomic E-state index is 12.7. The number of nitrogens with zero attached hydrogens (tertiary/aromatic N) is 2. The van der Waals surface area contributed by atoms with Crippen LogP contribution in [0.3, 0.4) is 0 Å². The van der Waals surface area contributed by atoms with Crippen LogP contribution in [0.2, 0.25) is 0 Å². The lowest BCUT2D eigenvalue weighted by Crippen LogP contribution is -2.50. The van der Waals surface area contributed by atoms with Crippen LogP contribution in [-0.2, 0) is 17.1 Å². The predicted molar refractivity (Wildman–Crippen MR) is 105 cm³/mol. The van der Waals surface area contributed by atoms with Crippen LogP contribution < -0.4 is 0 Å². The fourth-order valence-corrected chi connectivity index (χ4v) is 4.02. The number of thioether (sulfide) groups is 1. The molecule has 1 heterocycles. The van der Waals surface area contributed by atoms with Crippen molar-refractivity contribution in [2.45, 2.75) is 24.5 Å². The number of hydrogen-bond donors (Lipinski definition) is 0. The minimum Gasteiger partial charge on any atom is -0.339 e. The Morgan fingerprint density at radius 3 is 2.08 bits per heavy atom. The molecule has 1 saturated heterocycles. The minimum atomic E-state index is 0.0147. The summed E-state index contributed by atoms with van der Waals surface area (Å²) in [6, 6.07) is 20.9. The van der Waals surface area contributed by atoms with Gasteiger partial charge < -0.3 is 4.90 Å². The van der Waals surface area contributed by atoms with Gasteiger partial charge in [0.05, 0.1) is 5.25 Å².